The van der Waals surface area contributed by atoms with Gasteiger partial charge in [0.1, 0.15) is 0 Å². The van der Waals surface area contributed by atoms with Gasteiger partial charge < -0.3 is 14.7 Å². The summed E-state index contributed by atoms with van der Waals surface area (Å²) in [6.45, 7) is 6.73. The highest BCUT2D eigenvalue weighted by Gasteiger charge is 2.40. The summed E-state index contributed by atoms with van der Waals surface area (Å²) in [5, 5.41) is 9.19. The number of likely N-dealkylation sites (tertiary alicyclic amines) is 1. The maximum absolute atomic E-state index is 11.8. The first-order valence-electron chi connectivity index (χ1n) is 11.4. The molecule has 3 saturated heterocycles. The van der Waals surface area contributed by atoms with E-state index in [1.807, 2.05) is 0 Å². The number of likely N-dealkylation sites (N-methyl/N-ethyl adjacent to an activating group) is 1. The van der Waals surface area contributed by atoms with Crippen molar-refractivity contribution in [3.05, 3.63) is 35.9 Å². The number of piperazine rings is 1. The minimum absolute atomic E-state index is 0.171. The van der Waals surface area contributed by atoms with Crippen LogP contribution in [-0.4, -0.2) is 102 Å². The monoisotopic (exact) mass is 430 g/mol. The summed E-state index contributed by atoms with van der Waals surface area (Å²) < 4.78 is 5.56. The van der Waals surface area contributed by atoms with Gasteiger partial charge in [-0.15, -0.1) is 0 Å². The van der Waals surface area contributed by atoms with Gasteiger partial charge in [0.05, 0.1) is 13.0 Å². The van der Waals surface area contributed by atoms with E-state index in [1.54, 1.807) is 11.9 Å². The van der Waals surface area contributed by atoms with E-state index in [9.17, 15) is 14.7 Å². The van der Waals surface area contributed by atoms with Gasteiger partial charge in [-0.2, -0.15) is 0 Å². The molecule has 0 spiro atoms. The molecule has 2 atom stereocenters. The number of benzene rings is 1. The largest absolute Gasteiger partial charge is 0.481 e. The number of carboxylic acids is 1. The molecule has 4 rings (SSSR count). The average molecular weight is 431 g/mol. The number of aliphatic carboxylic acids is 1. The lowest BCUT2D eigenvalue weighted by Gasteiger charge is -2.47. The molecular formula is C23H34N4O4. The highest BCUT2D eigenvalue weighted by Crippen LogP contribution is 2.29. The van der Waals surface area contributed by atoms with Gasteiger partial charge in [-0.05, 0) is 37.4 Å². The number of nitrogens with zero attached hydrogens (tertiary/aromatic N) is 4. The third-order valence-electron chi connectivity index (χ3n) is 6.99. The summed E-state index contributed by atoms with van der Waals surface area (Å²) in [4.78, 5) is 31.8. The fourth-order valence-corrected chi connectivity index (χ4v) is 5.18. The fourth-order valence-electron chi connectivity index (χ4n) is 5.18. The molecule has 8 nitrogen and oxygen atoms in total. The summed E-state index contributed by atoms with van der Waals surface area (Å²) in [6.07, 6.45) is 1.94. The first kappa shape index (κ1) is 22.0. The van der Waals surface area contributed by atoms with Gasteiger partial charge in [0.25, 0.3) is 0 Å². The number of cyclic esters (lactones) is 1. The van der Waals surface area contributed by atoms with Crippen LogP contribution in [0.5, 0.6) is 0 Å². The van der Waals surface area contributed by atoms with Crippen molar-refractivity contribution in [1.82, 2.24) is 19.6 Å². The average Bonchev–Trinajstić information content (AvgIpc) is 3.12. The second-order valence-electron chi connectivity index (χ2n) is 9.06. The van der Waals surface area contributed by atoms with E-state index < -0.39 is 5.97 Å². The summed E-state index contributed by atoms with van der Waals surface area (Å²) in [5.41, 5.74) is 1.35. The molecular weight excluding hydrogens is 396 g/mol. The Morgan fingerprint density at radius 3 is 2.48 bits per heavy atom. The van der Waals surface area contributed by atoms with Crippen molar-refractivity contribution >= 4 is 12.1 Å². The third-order valence-corrected chi connectivity index (χ3v) is 6.99. The van der Waals surface area contributed by atoms with E-state index in [0.29, 0.717) is 25.0 Å². The topological polar surface area (TPSA) is 76.6 Å². The van der Waals surface area contributed by atoms with Crippen LogP contribution in [0.3, 0.4) is 0 Å². The Hall–Kier alpha value is -2.16. The van der Waals surface area contributed by atoms with Crippen LogP contribution in [0, 0.1) is 5.92 Å². The normalized spacial score (nSPS) is 26.9. The van der Waals surface area contributed by atoms with Crippen molar-refractivity contribution in [2.24, 2.45) is 5.92 Å². The zero-order valence-electron chi connectivity index (χ0n) is 18.4. The van der Waals surface area contributed by atoms with Gasteiger partial charge in [0, 0.05) is 45.8 Å². The third kappa shape index (κ3) is 5.56. The molecule has 3 fully saturated rings. The molecule has 3 aliphatic heterocycles. The molecule has 3 heterocycles. The Labute approximate surface area is 184 Å². The van der Waals surface area contributed by atoms with Crippen molar-refractivity contribution < 1.29 is 19.4 Å². The van der Waals surface area contributed by atoms with E-state index in [4.69, 9.17) is 4.74 Å². The molecule has 3 aliphatic rings. The number of rotatable bonds is 7. The van der Waals surface area contributed by atoms with Gasteiger partial charge in [-0.3, -0.25) is 19.5 Å². The number of ether oxygens (including phenoxy) is 1. The van der Waals surface area contributed by atoms with E-state index in [2.05, 4.69) is 45.0 Å². The molecule has 8 heteroatoms. The smallest absolute Gasteiger partial charge is 0.411 e. The van der Waals surface area contributed by atoms with Crippen LogP contribution in [0.2, 0.25) is 0 Å². The van der Waals surface area contributed by atoms with Gasteiger partial charge in [-0.25, -0.2) is 4.79 Å². The number of carbonyl (C=O) groups excluding carboxylic acids is 1. The quantitative estimate of drug-likeness (QED) is 0.706. The van der Waals surface area contributed by atoms with Crippen molar-refractivity contribution in [2.75, 3.05) is 52.9 Å². The molecule has 1 aromatic carbocycles. The SMILES string of the molecule is CN1CC(N2CCN(CCC(=O)O)C(C3CCN(Cc4ccccc4)CC3)C2)OC1=O. The van der Waals surface area contributed by atoms with Crippen molar-refractivity contribution in [1.29, 1.82) is 0 Å². The second kappa shape index (κ2) is 9.97. The van der Waals surface area contributed by atoms with Gasteiger partial charge in [-0.1, -0.05) is 30.3 Å². The zero-order valence-corrected chi connectivity index (χ0v) is 18.4. The summed E-state index contributed by atoms with van der Waals surface area (Å²) in [7, 11) is 1.77. The van der Waals surface area contributed by atoms with Crippen LogP contribution < -0.4 is 0 Å². The van der Waals surface area contributed by atoms with E-state index in [-0.39, 0.29) is 18.7 Å². The molecule has 0 saturated carbocycles. The Morgan fingerprint density at radius 1 is 1.10 bits per heavy atom. The maximum atomic E-state index is 11.8. The number of carbonyl (C=O) groups is 2. The van der Waals surface area contributed by atoms with Crippen LogP contribution in [0.15, 0.2) is 30.3 Å². The van der Waals surface area contributed by atoms with Gasteiger partial charge in [0.15, 0.2) is 6.23 Å². The zero-order chi connectivity index (χ0) is 21.8. The molecule has 2 unspecified atom stereocenters. The van der Waals surface area contributed by atoms with Crippen LogP contribution in [0.4, 0.5) is 4.79 Å². The molecule has 1 N–H and O–H groups in total. The molecule has 1 amide bonds. The van der Waals surface area contributed by atoms with Crippen LogP contribution >= 0.6 is 0 Å². The lowest BCUT2D eigenvalue weighted by Crippen LogP contribution is -2.60. The molecule has 0 aromatic heterocycles. The lowest BCUT2D eigenvalue weighted by molar-refractivity contribution is -0.138. The van der Waals surface area contributed by atoms with Crippen molar-refractivity contribution in [3.63, 3.8) is 0 Å². The molecule has 0 radical (unpaired) electrons. The Bertz CT molecular complexity index is 753. The standard InChI is InChI=1S/C23H34N4O4/c1-24-17-21(31-23(24)30)27-14-13-26(12-9-22(28)29)20(16-27)19-7-10-25(11-8-19)15-18-5-3-2-4-6-18/h2-6,19-21H,7-17H2,1H3,(H,28,29). The lowest BCUT2D eigenvalue weighted by atomic mass is 9.86. The van der Waals surface area contributed by atoms with Crippen molar-refractivity contribution in [2.45, 2.75) is 38.1 Å². The minimum atomic E-state index is -0.745. The van der Waals surface area contributed by atoms with Crippen LogP contribution in [-0.2, 0) is 16.1 Å². The molecule has 31 heavy (non-hydrogen) atoms. The van der Waals surface area contributed by atoms with E-state index >= 15 is 0 Å². The Morgan fingerprint density at radius 2 is 1.84 bits per heavy atom. The predicted octanol–water partition coefficient (Wildman–Crippen LogP) is 1.77. The van der Waals surface area contributed by atoms with Crippen LogP contribution in [0.25, 0.3) is 0 Å². The summed E-state index contributed by atoms with van der Waals surface area (Å²) in [6, 6.07) is 10.9. The number of carboxylic acid groups (broad SMARTS) is 1. The predicted molar refractivity (Wildman–Crippen MR) is 117 cm³/mol. The first-order valence-corrected chi connectivity index (χ1v) is 11.4. The number of amides is 1. The Balaban J connectivity index is 1.37. The highest BCUT2D eigenvalue weighted by molar-refractivity contribution is 5.69. The molecule has 1 aromatic rings. The van der Waals surface area contributed by atoms with Crippen molar-refractivity contribution in [3.8, 4) is 0 Å². The molecule has 170 valence electrons. The summed E-state index contributed by atoms with van der Waals surface area (Å²) in [5.74, 6) is -0.219. The van der Waals surface area contributed by atoms with Crippen LogP contribution in [0.1, 0.15) is 24.8 Å². The number of hydrogen-bond donors (Lipinski definition) is 1. The van der Waals surface area contributed by atoms with Gasteiger partial charge in [0.2, 0.25) is 0 Å². The summed E-state index contributed by atoms with van der Waals surface area (Å²) >= 11 is 0. The number of piperidine rings is 1. The number of hydrogen-bond acceptors (Lipinski definition) is 6. The maximum Gasteiger partial charge on any atom is 0.411 e. The molecule has 0 aliphatic carbocycles. The first-order chi connectivity index (χ1) is 15.0. The van der Waals surface area contributed by atoms with Gasteiger partial charge >= 0.3 is 12.1 Å². The second-order valence-corrected chi connectivity index (χ2v) is 9.06. The highest BCUT2D eigenvalue weighted by atomic mass is 16.6. The Kier molecular flexibility index (Phi) is 7.09. The minimum Gasteiger partial charge on any atom is -0.481 e. The molecule has 0 bridgehead atoms. The fraction of sp³-hybridized carbons (Fsp3) is 0.652. The van der Waals surface area contributed by atoms with E-state index in [0.717, 1.165) is 52.1 Å². The van der Waals surface area contributed by atoms with E-state index in [1.165, 1.54) is 5.56 Å².